The molecule has 4 rings (SSSR count). The highest BCUT2D eigenvalue weighted by atomic mass is 16.2. The lowest BCUT2D eigenvalue weighted by Crippen LogP contribution is -2.52. The molecule has 0 spiro atoms. The molecule has 2 saturated heterocycles. The number of carbonyl (C=O) groups excluding carboxylic acids is 2. The summed E-state index contributed by atoms with van der Waals surface area (Å²) in [5.41, 5.74) is 6.95. The minimum Gasteiger partial charge on any atom is -0.384 e. The molecule has 0 bridgehead atoms. The molecule has 2 amide bonds. The molecule has 0 aromatic heterocycles. The molecule has 0 radical (unpaired) electrons. The van der Waals surface area contributed by atoms with Crippen molar-refractivity contribution < 1.29 is 9.59 Å². The fourth-order valence-corrected chi connectivity index (χ4v) is 4.85. The van der Waals surface area contributed by atoms with E-state index in [0.717, 1.165) is 43.5 Å². The van der Waals surface area contributed by atoms with Gasteiger partial charge in [-0.2, -0.15) is 0 Å². The molecule has 7 heteroatoms. The Morgan fingerprint density at radius 2 is 1.80 bits per heavy atom. The summed E-state index contributed by atoms with van der Waals surface area (Å²) in [6, 6.07) is 7.29. The van der Waals surface area contributed by atoms with Gasteiger partial charge >= 0.3 is 0 Å². The van der Waals surface area contributed by atoms with Crippen LogP contribution in [0.15, 0.2) is 24.3 Å². The highest BCUT2D eigenvalue weighted by Gasteiger charge is 2.36. The zero-order valence-electron chi connectivity index (χ0n) is 17.7. The minimum atomic E-state index is 0.0508. The maximum absolute atomic E-state index is 12.3. The standard InChI is InChI=1S/C14H24N2O.C9H11N3O/c17-14(16-7-3-4-8-16)13-9-11-5-1-2-6-12(11)10-15-13;10-9(11)8-3-1-7(2-4-8)5-12-6-13/h11-13,15H,1-10H2;1-4,6H,5H2,(H3,10,11)(H,12,13). The lowest BCUT2D eigenvalue weighted by Gasteiger charge is -2.40. The maximum atomic E-state index is 12.3. The van der Waals surface area contributed by atoms with Gasteiger partial charge < -0.3 is 21.3 Å². The molecule has 7 nitrogen and oxygen atoms in total. The summed E-state index contributed by atoms with van der Waals surface area (Å²) in [4.78, 5) is 24.4. The normalized spacial score (nSPS) is 25.5. The Morgan fingerprint density at radius 3 is 2.43 bits per heavy atom. The fraction of sp³-hybridized carbons (Fsp3) is 0.609. The number of fused-ring (bicyclic) bond motifs is 1. The van der Waals surface area contributed by atoms with Crippen molar-refractivity contribution in [2.24, 2.45) is 17.6 Å². The van der Waals surface area contributed by atoms with Crippen LogP contribution < -0.4 is 16.4 Å². The number of hydrogen-bond acceptors (Lipinski definition) is 4. The van der Waals surface area contributed by atoms with Crippen LogP contribution in [-0.4, -0.2) is 48.7 Å². The lowest BCUT2D eigenvalue weighted by molar-refractivity contribution is -0.134. The van der Waals surface area contributed by atoms with Gasteiger partial charge in [-0.05, 0) is 49.6 Å². The number of hydrogen-bond donors (Lipinski definition) is 4. The van der Waals surface area contributed by atoms with Crippen LogP contribution in [0.25, 0.3) is 0 Å². The van der Waals surface area contributed by atoms with Gasteiger partial charge in [-0.1, -0.05) is 43.5 Å². The van der Waals surface area contributed by atoms with Crippen molar-refractivity contribution in [3.8, 4) is 0 Å². The lowest BCUT2D eigenvalue weighted by atomic mass is 9.73. The van der Waals surface area contributed by atoms with Crippen LogP contribution in [0.3, 0.4) is 0 Å². The van der Waals surface area contributed by atoms with Crippen molar-refractivity contribution in [1.29, 1.82) is 5.41 Å². The van der Waals surface area contributed by atoms with Crippen LogP contribution in [0.5, 0.6) is 0 Å². The van der Waals surface area contributed by atoms with Gasteiger partial charge in [0.25, 0.3) is 0 Å². The number of piperidine rings is 1. The van der Waals surface area contributed by atoms with E-state index in [2.05, 4.69) is 15.5 Å². The number of nitrogens with zero attached hydrogens (tertiary/aromatic N) is 1. The molecule has 2 heterocycles. The molecular formula is C23H35N5O2. The molecule has 3 unspecified atom stereocenters. The SMILES string of the molecule is N=C(N)c1ccc(CNC=O)cc1.O=C(C1CC2CCCCC2CN1)N1CCCC1. The van der Waals surface area contributed by atoms with Gasteiger partial charge in [0.15, 0.2) is 0 Å². The molecule has 30 heavy (non-hydrogen) atoms. The van der Waals surface area contributed by atoms with Gasteiger partial charge in [-0.25, -0.2) is 0 Å². The average Bonchev–Trinajstić information content (AvgIpc) is 3.32. The summed E-state index contributed by atoms with van der Waals surface area (Å²) in [6.45, 7) is 3.56. The number of nitrogen functional groups attached to an aromatic ring is 1. The molecule has 3 atom stereocenters. The van der Waals surface area contributed by atoms with Crippen LogP contribution in [-0.2, 0) is 16.1 Å². The van der Waals surface area contributed by atoms with Crippen molar-refractivity contribution in [2.75, 3.05) is 19.6 Å². The summed E-state index contributed by atoms with van der Waals surface area (Å²) >= 11 is 0. The Kier molecular flexibility index (Phi) is 8.25. The second-order valence-corrected chi connectivity index (χ2v) is 8.64. The predicted molar refractivity (Wildman–Crippen MR) is 118 cm³/mol. The quantitative estimate of drug-likeness (QED) is 0.336. The summed E-state index contributed by atoms with van der Waals surface area (Å²) in [5.74, 6) is 2.11. The average molecular weight is 414 g/mol. The third-order valence-corrected chi connectivity index (χ3v) is 6.60. The molecule has 2 aliphatic heterocycles. The molecule has 3 aliphatic rings. The number of rotatable bonds is 5. The fourth-order valence-electron chi connectivity index (χ4n) is 4.85. The minimum absolute atomic E-state index is 0.0508. The first-order valence-corrected chi connectivity index (χ1v) is 11.2. The third kappa shape index (κ3) is 6.05. The molecule has 1 aromatic rings. The summed E-state index contributed by atoms with van der Waals surface area (Å²) in [5, 5.41) is 13.2. The van der Waals surface area contributed by atoms with Gasteiger partial charge in [0, 0.05) is 25.2 Å². The van der Waals surface area contributed by atoms with Crippen molar-refractivity contribution in [1.82, 2.24) is 15.5 Å². The first-order chi connectivity index (χ1) is 14.6. The zero-order chi connectivity index (χ0) is 21.3. The Balaban J connectivity index is 0.000000178. The molecule has 5 N–H and O–H groups in total. The highest BCUT2D eigenvalue weighted by Crippen LogP contribution is 2.35. The molecule has 3 fully saturated rings. The number of amidine groups is 1. The van der Waals surface area contributed by atoms with Crippen LogP contribution in [0.1, 0.15) is 56.1 Å². The van der Waals surface area contributed by atoms with Gasteiger partial charge in [-0.3, -0.25) is 15.0 Å². The van der Waals surface area contributed by atoms with Crippen molar-refractivity contribution in [3.05, 3.63) is 35.4 Å². The molecule has 1 saturated carbocycles. The monoisotopic (exact) mass is 413 g/mol. The van der Waals surface area contributed by atoms with E-state index >= 15 is 0 Å². The Bertz CT molecular complexity index is 715. The van der Waals surface area contributed by atoms with Crippen molar-refractivity contribution >= 4 is 18.2 Å². The predicted octanol–water partition coefficient (Wildman–Crippen LogP) is 1.99. The van der Waals surface area contributed by atoms with E-state index < -0.39 is 0 Å². The second-order valence-electron chi connectivity index (χ2n) is 8.64. The van der Waals surface area contributed by atoms with Gasteiger partial charge in [0.2, 0.25) is 12.3 Å². The van der Waals surface area contributed by atoms with Crippen LogP contribution in [0.2, 0.25) is 0 Å². The smallest absolute Gasteiger partial charge is 0.239 e. The van der Waals surface area contributed by atoms with Crippen LogP contribution in [0, 0.1) is 17.2 Å². The molecule has 1 aromatic carbocycles. The first kappa shape index (κ1) is 22.3. The van der Waals surface area contributed by atoms with E-state index in [4.69, 9.17) is 11.1 Å². The molecule has 164 valence electrons. The van der Waals surface area contributed by atoms with E-state index in [-0.39, 0.29) is 11.9 Å². The third-order valence-electron chi connectivity index (χ3n) is 6.60. The number of benzene rings is 1. The van der Waals surface area contributed by atoms with Gasteiger partial charge in [-0.15, -0.1) is 0 Å². The van der Waals surface area contributed by atoms with Gasteiger partial charge in [0.05, 0.1) is 6.04 Å². The van der Waals surface area contributed by atoms with E-state index in [0.29, 0.717) is 24.4 Å². The van der Waals surface area contributed by atoms with E-state index in [1.54, 1.807) is 12.1 Å². The van der Waals surface area contributed by atoms with E-state index in [1.807, 2.05) is 12.1 Å². The van der Waals surface area contributed by atoms with Crippen LogP contribution >= 0.6 is 0 Å². The maximum Gasteiger partial charge on any atom is 0.239 e. The zero-order valence-corrected chi connectivity index (χ0v) is 17.7. The number of amides is 2. The van der Waals surface area contributed by atoms with E-state index in [9.17, 15) is 9.59 Å². The number of likely N-dealkylation sites (tertiary alicyclic amines) is 1. The summed E-state index contributed by atoms with van der Waals surface area (Å²) < 4.78 is 0. The Hall–Kier alpha value is -2.41. The topological polar surface area (TPSA) is 111 Å². The number of carbonyl (C=O) groups is 2. The second kappa shape index (κ2) is 11.1. The van der Waals surface area contributed by atoms with E-state index in [1.165, 1.54) is 38.5 Å². The highest BCUT2D eigenvalue weighted by molar-refractivity contribution is 5.94. The summed E-state index contributed by atoms with van der Waals surface area (Å²) in [6.07, 6.45) is 9.66. The Morgan fingerprint density at radius 1 is 1.13 bits per heavy atom. The van der Waals surface area contributed by atoms with Crippen molar-refractivity contribution in [3.63, 3.8) is 0 Å². The Labute approximate surface area is 179 Å². The largest absolute Gasteiger partial charge is 0.384 e. The van der Waals surface area contributed by atoms with Crippen LogP contribution in [0.4, 0.5) is 0 Å². The number of nitrogens with two attached hydrogens (primary N) is 1. The van der Waals surface area contributed by atoms with Crippen molar-refractivity contribution in [2.45, 2.75) is 57.5 Å². The first-order valence-electron chi connectivity index (χ1n) is 11.2. The molecule has 1 aliphatic carbocycles. The van der Waals surface area contributed by atoms with Gasteiger partial charge in [0.1, 0.15) is 5.84 Å². The summed E-state index contributed by atoms with van der Waals surface area (Å²) in [7, 11) is 0. The molecular weight excluding hydrogens is 378 g/mol. The number of nitrogens with one attached hydrogen (secondary N) is 3.